The van der Waals surface area contributed by atoms with Gasteiger partial charge in [-0.2, -0.15) is 0 Å². The maximum absolute atomic E-state index is 12.6. The highest BCUT2D eigenvalue weighted by atomic mass is 16.5. The molecule has 0 aromatic carbocycles. The molecule has 0 unspecified atom stereocenters. The standard InChI is InChI=1S/C24H34N2O5/c1-5-30-23(29)21-13(2)20(14(3)25-21)22(28)31-12-19(27)26-15(4)24-9-16-6-17(10-24)8-18(7-16)11-24/h15-18,25H,5-12H2,1-4H3,(H,26,27)/t15-,16?,17?,18?,24?/m0/s1. The number of carbonyl (C=O) groups excluding carboxylic acids is 3. The number of aryl methyl sites for hydroxylation is 1. The Labute approximate surface area is 183 Å². The van der Waals surface area contributed by atoms with E-state index in [-0.39, 0.29) is 41.8 Å². The fourth-order valence-electron chi connectivity index (χ4n) is 6.81. The number of amides is 1. The van der Waals surface area contributed by atoms with Gasteiger partial charge >= 0.3 is 11.9 Å². The molecule has 170 valence electrons. The van der Waals surface area contributed by atoms with Gasteiger partial charge in [-0.05, 0) is 95.0 Å². The maximum Gasteiger partial charge on any atom is 0.355 e. The smallest absolute Gasteiger partial charge is 0.355 e. The minimum absolute atomic E-state index is 0.0817. The van der Waals surface area contributed by atoms with E-state index >= 15 is 0 Å². The lowest BCUT2D eigenvalue weighted by molar-refractivity contribution is -0.128. The Kier molecular flexibility index (Phi) is 5.88. The van der Waals surface area contributed by atoms with Gasteiger partial charge in [0.1, 0.15) is 5.69 Å². The van der Waals surface area contributed by atoms with Gasteiger partial charge in [-0.15, -0.1) is 0 Å². The summed E-state index contributed by atoms with van der Waals surface area (Å²) < 4.78 is 10.3. The average Bonchev–Trinajstić information content (AvgIpc) is 2.99. The van der Waals surface area contributed by atoms with Crippen LogP contribution in [0.3, 0.4) is 0 Å². The number of ether oxygens (including phenoxy) is 2. The summed E-state index contributed by atoms with van der Waals surface area (Å²) in [4.78, 5) is 40.1. The van der Waals surface area contributed by atoms with Crippen molar-refractivity contribution in [2.75, 3.05) is 13.2 Å². The van der Waals surface area contributed by atoms with Crippen LogP contribution in [0.1, 0.15) is 84.5 Å². The van der Waals surface area contributed by atoms with Crippen molar-refractivity contribution in [1.29, 1.82) is 0 Å². The number of nitrogens with one attached hydrogen (secondary N) is 2. The largest absolute Gasteiger partial charge is 0.461 e. The Hall–Kier alpha value is -2.31. The molecule has 1 amide bonds. The molecule has 4 saturated carbocycles. The van der Waals surface area contributed by atoms with Crippen molar-refractivity contribution in [3.63, 3.8) is 0 Å². The van der Waals surface area contributed by atoms with Gasteiger partial charge in [0.2, 0.25) is 0 Å². The SMILES string of the molecule is CCOC(=O)c1[nH]c(C)c(C(=O)OCC(=O)N[C@@H](C)C23CC4CC(CC(C4)C2)C3)c1C. The Morgan fingerprint density at radius 2 is 1.61 bits per heavy atom. The lowest BCUT2D eigenvalue weighted by Gasteiger charge is -2.59. The molecule has 31 heavy (non-hydrogen) atoms. The second kappa shape index (κ2) is 8.32. The van der Waals surface area contributed by atoms with Crippen LogP contribution in [-0.4, -0.2) is 42.1 Å². The summed E-state index contributed by atoms with van der Waals surface area (Å²) in [6.07, 6.45) is 7.71. The molecule has 7 nitrogen and oxygen atoms in total. The predicted octanol–water partition coefficient (Wildman–Crippen LogP) is 3.69. The quantitative estimate of drug-likeness (QED) is 0.643. The molecule has 1 heterocycles. The molecular weight excluding hydrogens is 396 g/mol. The number of hydrogen-bond donors (Lipinski definition) is 2. The van der Waals surface area contributed by atoms with Gasteiger partial charge in [-0.25, -0.2) is 9.59 Å². The van der Waals surface area contributed by atoms with Crippen LogP contribution in [0.15, 0.2) is 0 Å². The Morgan fingerprint density at radius 3 is 2.16 bits per heavy atom. The zero-order chi connectivity index (χ0) is 22.3. The first kappa shape index (κ1) is 21.9. The highest BCUT2D eigenvalue weighted by molar-refractivity contribution is 5.99. The first-order valence-electron chi connectivity index (χ1n) is 11.5. The van der Waals surface area contributed by atoms with Crippen molar-refractivity contribution >= 4 is 17.8 Å². The molecule has 4 aliphatic carbocycles. The summed E-state index contributed by atoms with van der Waals surface area (Å²) >= 11 is 0. The van der Waals surface area contributed by atoms with Gasteiger partial charge in [0.25, 0.3) is 5.91 Å². The van der Waals surface area contributed by atoms with Crippen LogP contribution < -0.4 is 5.32 Å². The summed E-state index contributed by atoms with van der Waals surface area (Å²) in [6.45, 7) is 7.12. The molecule has 2 N–H and O–H groups in total. The van der Waals surface area contributed by atoms with Crippen molar-refractivity contribution in [2.24, 2.45) is 23.2 Å². The molecule has 7 heteroatoms. The van der Waals surface area contributed by atoms with Crippen molar-refractivity contribution in [3.05, 3.63) is 22.5 Å². The van der Waals surface area contributed by atoms with Gasteiger partial charge in [0.05, 0.1) is 12.2 Å². The zero-order valence-electron chi connectivity index (χ0n) is 19.0. The highest BCUT2D eigenvalue weighted by Crippen LogP contribution is 2.61. The molecule has 4 aliphatic rings. The van der Waals surface area contributed by atoms with E-state index in [0.29, 0.717) is 11.3 Å². The molecule has 4 bridgehead atoms. The van der Waals surface area contributed by atoms with E-state index in [9.17, 15) is 14.4 Å². The first-order valence-corrected chi connectivity index (χ1v) is 11.5. The second-order valence-corrected chi connectivity index (χ2v) is 9.99. The molecule has 0 saturated heterocycles. The van der Waals surface area contributed by atoms with E-state index in [1.807, 2.05) is 0 Å². The van der Waals surface area contributed by atoms with Crippen LogP contribution in [0.25, 0.3) is 0 Å². The summed E-state index contributed by atoms with van der Waals surface area (Å²) in [6, 6.07) is 0.0817. The minimum atomic E-state index is -0.612. The van der Waals surface area contributed by atoms with Crippen LogP contribution >= 0.6 is 0 Å². The third kappa shape index (κ3) is 4.11. The van der Waals surface area contributed by atoms with Crippen molar-refractivity contribution in [2.45, 2.75) is 72.3 Å². The third-order valence-corrected chi connectivity index (χ3v) is 7.84. The van der Waals surface area contributed by atoms with Crippen molar-refractivity contribution in [3.8, 4) is 0 Å². The fraction of sp³-hybridized carbons (Fsp3) is 0.708. The van der Waals surface area contributed by atoms with E-state index in [1.165, 1.54) is 38.5 Å². The molecule has 1 aromatic rings. The van der Waals surface area contributed by atoms with Crippen molar-refractivity contribution in [1.82, 2.24) is 10.3 Å². The number of esters is 2. The fourth-order valence-corrected chi connectivity index (χ4v) is 6.81. The van der Waals surface area contributed by atoms with Crippen LogP contribution in [-0.2, 0) is 14.3 Å². The lowest BCUT2D eigenvalue weighted by Crippen LogP contribution is -2.56. The molecule has 0 radical (unpaired) electrons. The molecule has 5 rings (SSSR count). The topological polar surface area (TPSA) is 97.5 Å². The molecule has 4 fully saturated rings. The lowest BCUT2D eigenvalue weighted by atomic mass is 9.48. The normalized spacial score (nSPS) is 29.5. The highest BCUT2D eigenvalue weighted by Gasteiger charge is 2.53. The zero-order valence-corrected chi connectivity index (χ0v) is 19.0. The number of carbonyl (C=O) groups is 3. The monoisotopic (exact) mass is 430 g/mol. The molecule has 0 aliphatic heterocycles. The van der Waals surface area contributed by atoms with Crippen LogP contribution in [0.5, 0.6) is 0 Å². The second-order valence-electron chi connectivity index (χ2n) is 9.99. The van der Waals surface area contributed by atoms with Gasteiger partial charge in [-0.3, -0.25) is 4.79 Å². The van der Waals surface area contributed by atoms with E-state index in [4.69, 9.17) is 9.47 Å². The molecule has 1 aromatic heterocycles. The number of aromatic nitrogens is 1. The number of H-pyrrole nitrogens is 1. The van der Waals surface area contributed by atoms with E-state index < -0.39 is 11.9 Å². The Balaban J connectivity index is 1.34. The Bertz CT molecular complexity index is 851. The van der Waals surface area contributed by atoms with E-state index in [2.05, 4.69) is 17.2 Å². The summed E-state index contributed by atoms with van der Waals surface area (Å²) in [7, 11) is 0. The van der Waals surface area contributed by atoms with Crippen LogP contribution in [0.2, 0.25) is 0 Å². The first-order chi connectivity index (χ1) is 14.7. The van der Waals surface area contributed by atoms with Gasteiger partial charge in [-0.1, -0.05) is 0 Å². The van der Waals surface area contributed by atoms with Gasteiger partial charge < -0.3 is 19.8 Å². The molecular formula is C24H34N2O5. The van der Waals surface area contributed by atoms with Crippen LogP contribution in [0.4, 0.5) is 0 Å². The molecule has 1 atom stereocenters. The Morgan fingerprint density at radius 1 is 1.03 bits per heavy atom. The average molecular weight is 431 g/mol. The van der Waals surface area contributed by atoms with Gasteiger partial charge in [0, 0.05) is 11.7 Å². The van der Waals surface area contributed by atoms with Crippen molar-refractivity contribution < 1.29 is 23.9 Å². The summed E-state index contributed by atoms with van der Waals surface area (Å²) in [5, 5.41) is 3.12. The summed E-state index contributed by atoms with van der Waals surface area (Å²) in [5.74, 6) is 1.06. The van der Waals surface area contributed by atoms with E-state index in [0.717, 1.165) is 17.8 Å². The molecule has 0 spiro atoms. The van der Waals surface area contributed by atoms with Crippen LogP contribution in [0, 0.1) is 37.0 Å². The number of aromatic amines is 1. The number of rotatable bonds is 7. The van der Waals surface area contributed by atoms with E-state index in [1.54, 1.807) is 20.8 Å². The summed E-state index contributed by atoms with van der Waals surface area (Å²) in [5.41, 5.74) is 1.73. The van der Waals surface area contributed by atoms with Gasteiger partial charge in [0.15, 0.2) is 6.61 Å². The predicted molar refractivity (Wildman–Crippen MR) is 115 cm³/mol. The third-order valence-electron chi connectivity index (χ3n) is 7.84. The number of hydrogen-bond acceptors (Lipinski definition) is 5. The maximum atomic E-state index is 12.6. The minimum Gasteiger partial charge on any atom is -0.461 e.